The molecule has 3 rings (SSSR count). The molecule has 2 aliphatic carbocycles. The summed E-state index contributed by atoms with van der Waals surface area (Å²) in [6.45, 7) is 5.40. The van der Waals surface area contributed by atoms with Crippen LogP contribution >= 0.6 is 0 Å². The van der Waals surface area contributed by atoms with Gasteiger partial charge in [0, 0.05) is 36.7 Å². The van der Waals surface area contributed by atoms with Gasteiger partial charge in [-0.3, -0.25) is 9.69 Å². The third-order valence-corrected chi connectivity index (χ3v) is 6.19. The fraction of sp³-hybridized carbons (Fsp3) is 0.579. The van der Waals surface area contributed by atoms with Gasteiger partial charge in [-0.1, -0.05) is 13.8 Å². The molecule has 142 valence electrons. The molecule has 0 saturated heterocycles. The molecule has 2 amide bonds. The Balaban J connectivity index is 1.98. The molecule has 0 saturated carbocycles. The molecule has 3 aliphatic rings. The van der Waals surface area contributed by atoms with Gasteiger partial charge in [0.1, 0.15) is 18.9 Å². The monoisotopic (exact) mass is 362 g/mol. The number of aliphatic hydroxyl groups excluding tert-OH is 2. The van der Waals surface area contributed by atoms with Crippen molar-refractivity contribution in [2.75, 3.05) is 20.8 Å². The van der Waals surface area contributed by atoms with Crippen molar-refractivity contribution in [3.05, 3.63) is 34.6 Å². The second kappa shape index (κ2) is 6.25. The first-order valence-corrected chi connectivity index (χ1v) is 8.74. The molecule has 0 aromatic carbocycles. The van der Waals surface area contributed by atoms with Crippen LogP contribution in [0, 0.1) is 11.3 Å². The Labute approximate surface area is 153 Å². The normalized spacial score (nSPS) is 33.4. The minimum Gasteiger partial charge on any atom is -0.443 e. The summed E-state index contributed by atoms with van der Waals surface area (Å²) >= 11 is 0. The molecule has 0 aromatic rings. The van der Waals surface area contributed by atoms with Crippen LogP contribution in [-0.2, 0) is 9.53 Å². The zero-order valence-corrected chi connectivity index (χ0v) is 15.8. The number of allylic oxidation sites excluding steroid dienone is 3. The predicted molar refractivity (Wildman–Crippen MR) is 94.6 cm³/mol. The lowest BCUT2D eigenvalue weighted by molar-refractivity contribution is -0.123. The van der Waals surface area contributed by atoms with E-state index >= 15 is 0 Å². The number of likely N-dealkylation sites (N-methyl/N-ethyl adjacent to an activating group) is 1. The molecule has 7 nitrogen and oxygen atoms in total. The highest BCUT2D eigenvalue weighted by Gasteiger charge is 2.50. The van der Waals surface area contributed by atoms with E-state index in [1.165, 1.54) is 7.05 Å². The topological polar surface area (TPSA) is 90.3 Å². The lowest BCUT2D eigenvalue weighted by atomic mass is 9.59. The lowest BCUT2D eigenvalue weighted by Crippen LogP contribution is -2.50. The van der Waals surface area contributed by atoms with Crippen LogP contribution in [0.4, 0.5) is 4.79 Å². The van der Waals surface area contributed by atoms with Crippen molar-refractivity contribution in [2.24, 2.45) is 11.3 Å². The van der Waals surface area contributed by atoms with E-state index in [1.54, 1.807) is 18.0 Å². The van der Waals surface area contributed by atoms with Crippen LogP contribution in [0.1, 0.15) is 27.2 Å². The van der Waals surface area contributed by atoms with Gasteiger partial charge in [0.25, 0.3) is 5.91 Å². The lowest BCUT2D eigenvalue weighted by Gasteiger charge is -2.48. The first-order chi connectivity index (χ1) is 12.1. The van der Waals surface area contributed by atoms with Crippen LogP contribution in [0.5, 0.6) is 0 Å². The second-order valence-corrected chi connectivity index (χ2v) is 7.68. The number of aliphatic hydroxyl groups is 2. The average Bonchev–Trinajstić information content (AvgIpc) is 2.81. The van der Waals surface area contributed by atoms with Gasteiger partial charge in [-0.25, -0.2) is 4.79 Å². The summed E-state index contributed by atoms with van der Waals surface area (Å²) in [4.78, 5) is 27.0. The van der Waals surface area contributed by atoms with Crippen molar-refractivity contribution >= 4 is 12.0 Å². The minimum atomic E-state index is -0.949. The Morgan fingerprint density at radius 1 is 1.50 bits per heavy atom. The smallest absolute Gasteiger partial charge is 0.411 e. The van der Waals surface area contributed by atoms with E-state index in [-0.39, 0.29) is 17.2 Å². The molecular weight excluding hydrogens is 336 g/mol. The summed E-state index contributed by atoms with van der Waals surface area (Å²) in [7, 11) is 3.18. The average molecular weight is 362 g/mol. The maximum Gasteiger partial charge on any atom is 0.411 e. The number of fused-ring (bicyclic) bond motifs is 2. The Bertz CT molecular complexity index is 753. The summed E-state index contributed by atoms with van der Waals surface area (Å²) in [5.41, 5.74) is 3.22. The molecule has 0 bridgehead atoms. The van der Waals surface area contributed by atoms with E-state index in [9.17, 15) is 14.7 Å². The van der Waals surface area contributed by atoms with Crippen LogP contribution in [0.15, 0.2) is 34.6 Å². The van der Waals surface area contributed by atoms with E-state index in [0.717, 1.165) is 27.3 Å². The van der Waals surface area contributed by atoms with E-state index in [0.29, 0.717) is 6.42 Å². The molecule has 0 fully saturated rings. The fourth-order valence-corrected chi connectivity index (χ4v) is 4.11. The maximum atomic E-state index is 12.3. The molecule has 0 aromatic heterocycles. The number of rotatable bonds is 2. The molecule has 26 heavy (non-hydrogen) atoms. The van der Waals surface area contributed by atoms with Crippen LogP contribution in [0.2, 0.25) is 0 Å². The SMILES string of the molecule is CC1=C2CC3(C)C(=CC(O)C(OC(=O)N(C)CO)C3C)C=C2N(C)C1=O. The number of amides is 2. The molecule has 0 radical (unpaired) electrons. The standard InChI is InChI=1S/C19H26N2O5/c1-10-13-8-19(3)11(2)16(26-18(25)20(4)9-22)15(23)7-12(19)6-14(13)21(5)17(10)24/h6-7,11,15-16,22-23H,8-9H2,1-5H3. The zero-order chi connectivity index (χ0) is 19.4. The predicted octanol–water partition coefficient (Wildman–Crippen LogP) is 1.39. The Kier molecular flexibility index (Phi) is 4.48. The molecule has 1 heterocycles. The number of nitrogens with zero attached hydrogens (tertiary/aromatic N) is 2. The molecule has 4 atom stereocenters. The summed E-state index contributed by atoms with van der Waals surface area (Å²) in [6, 6.07) is 0. The number of ether oxygens (including phenoxy) is 1. The first-order valence-electron chi connectivity index (χ1n) is 8.74. The number of hydrogen-bond acceptors (Lipinski definition) is 5. The fourth-order valence-electron chi connectivity index (χ4n) is 4.11. The van der Waals surface area contributed by atoms with E-state index in [1.807, 2.05) is 19.9 Å². The van der Waals surface area contributed by atoms with Crippen molar-refractivity contribution in [2.45, 2.75) is 39.4 Å². The quantitative estimate of drug-likeness (QED) is 0.725. The van der Waals surface area contributed by atoms with Crippen molar-refractivity contribution in [1.29, 1.82) is 0 Å². The van der Waals surface area contributed by atoms with Gasteiger partial charge in [0.2, 0.25) is 0 Å². The second-order valence-electron chi connectivity index (χ2n) is 7.68. The van der Waals surface area contributed by atoms with Crippen molar-refractivity contribution in [1.82, 2.24) is 9.80 Å². The first kappa shape index (κ1) is 18.7. The van der Waals surface area contributed by atoms with Gasteiger partial charge in [0.05, 0.1) is 0 Å². The van der Waals surface area contributed by atoms with Gasteiger partial charge < -0.3 is 19.8 Å². The highest BCUT2D eigenvalue weighted by molar-refractivity contribution is 6.00. The van der Waals surface area contributed by atoms with E-state index in [4.69, 9.17) is 9.84 Å². The van der Waals surface area contributed by atoms with Crippen LogP contribution < -0.4 is 0 Å². The van der Waals surface area contributed by atoms with Gasteiger partial charge in [-0.2, -0.15) is 0 Å². The highest BCUT2D eigenvalue weighted by Crippen LogP contribution is 2.54. The van der Waals surface area contributed by atoms with Gasteiger partial charge in [-0.15, -0.1) is 0 Å². The van der Waals surface area contributed by atoms with Crippen molar-refractivity contribution < 1.29 is 24.5 Å². The molecule has 4 unspecified atom stereocenters. The van der Waals surface area contributed by atoms with Crippen LogP contribution in [0.25, 0.3) is 0 Å². The van der Waals surface area contributed by atoms with Crippen molar-refractivity contribution in [3.63, 3.8) is 0 Å². The molecular formula is C19H26N2O5. The molecule has 1 aliphatic heterocycles. The van der Waals surface area contributed by atoms with Gasteiger partial charge in [0.15, 0.2) is 0 Å². The van der Waals surface area contributed by atoms with E-state index < -0.39 is 25.0 Å². The molecule has 2 N–H and O–H groups in total. The summed E-state index contributed by atoms with van der Waals surface area (Å²) in [5, 5.41) is 19.6. The number of carbonyl (C=O) groups excluding carboxylic acids is 2. The van der Waals surface area contributed by atoms with Crippen LogP contribution in [-0.4, -0.2) is 65.0 Å². The Morgan fingerprint density at radius 3 is 2.77 bits per heavy atom. The third kappa shape index (κ3) is 2.57. The Morgan fingerprint density at radius 2 is 2.15 bits per heavy atom. The third-order valence-electron chi connectivity index (χ3n) is 6.19. The summed E-state index contributed by atoms with van der Waals surface area (Å²) in [5.74, 6) is -0.178. The number of carbonyl (C=O) groups is 2. The van der Waals surface area contributed by atoms with Crippen molar-refractivity contribution in [3.8, 4) is 0 Å². The maximum absolute atomic E-state index is 12.3. The van der Waals surface area contributed by atoms with E-state index in [2.05, 4.69) is 6.92 Å². The zero-order valence-electron chi connectivity index (χ0n) is 15.8. The summed E-state index contributed by atoms with van der Waals surface area (Å²) < 4.78 is 5.48. The number of hydrogen-bond donors (Lipinski definition) is 2. The Hall–Kier alpha value is -2.12. The van der Waals surface area contributed by atoms with Gasteiger partial charge in [-0.05, 0) is 36.6 Å². The summed E-state index contributed by atoms with van der Waals surface area (Å²) in [6.07, 6.45) is 1.97. The largest absolute Gasteiger partial charge is 0.443 e. The minimum absolute atomic E-state index is 0.00477. The molecule has 0 spiro atoms. The highest BCUT2D eigenvalue weighted by atomic mass is 16.6. The van der Waals surface area contributed by atoms with Gasteiger partial charge >= 0.3 is 6.09 Å². The van der Waals surface area contributed by atoms with Crippen LogP contribution in [0.3, 0.4) is 0 Å². The molecule has 7 heteroatoms.